The molecule has 0 aliphatic carbocycles. The third-order valence-corrected chi connectivity index (χ3v) is 9.22. The average molecular weight is 652 g/mol. The average Bonchev–Trinajstić information content (AvgIpc) is 3.71. The van der Waals surface area contributed by atoms with E-state index in [0.29, 0.717) is 35.9 Å². The van der Waals surface area contributed by atoms with Gasteiger partial charge in [0.25, 0.3) is 5.91 Å². The summed E-state index contributed by atoms with van der Waals surface area (Å²) in [6.07, 6.45) is 3.69. The minimum absolute atomic E-state index is 0.0990. The lowest BCUT2D eigenvalue weighted by atomic mass is 9.94. The van der Waals surface area contributed by atoms with Crippen molar-refractivity contribution < 1.29 is 23.4 Å². The molecule has 6 rings (SSSR count). The number of furan rings is 1. The standard InChI is InChI=1S/C38H45N5O5/c1-40(37(44)30-24-34(45-2)36(47-4)35(25-30)46-3)26-29(28-12-6-5-7-13-28)17-20-41-18-11-19-42(22-21-41)38-39-32-15-8-9-16-33(32)43(38)27-31-14-10-23-48-31/h5-10,12-16,23-25,29H,11,17-22,26-27H2,1-4H3. The molecule has 1 aliphatic heterocycles. The van der Waals surface area contributed by atoms with Crippen LogP contribution in [0.3, 0.4) is 0 Å². The molecule has 0 bridgehead atoms. The minimum atomic E-state index is -0.0990. The first-order valence-electron chi connectivity index (χ1n) is 16.5. The molecule has 1 unspecified atom stereocenters. The number of rotatable bonds is 13. The van der Waals surface area contributed by atoms with Crippen LogP contribution in [0.2, 0.25) is 0 Å². The Labute approximate surface area is 282 Å². The molecule has 1 atom stereocenters. The summed E-state index contributed by atoms with van der Waals surface area (Å²) in [5.74, 6) is 3.35. The second-order valence-electron chi connectivity index (χ2n) is 12.2. The van der Waals surface area contributed by atoms with Gasteiger partial charge >= 0.3 is 0 Å². The predicted molar refractivity (Wildman–Crippen MR) is 188 cm³/mol. The molecule has 5 aromatic rings. The Bertz CT molecular complexity index is 1760. The summed E-state index contributed by atoms with van der Waals surface area (Å²) >= 11 is 0. The van der Waals surface area contributed by atoms with Crippen molar-refractivity contribution >= 4 is 22.9 Å². The number of hydrogen-bond acceptors (Lipinski definition) is 8. The lowest BCUT2D eigenvalue weighted by Gasteiger charge is -2.28. The number of carbonyl (C=O) groups is 1. The topological polar surface area (TPSA) is 85.4 Å². The Morgan fingerprint density at radius 2 is 1.65 bits per heavy atom. The van der Waals surface area contributed by atoms with E-state index >= 15 is 0 Å². The van der Waals surface area contributed by atoms with E-state index in [1.807, 2.05) is 31.3 Å². The van der Waals surface area contributed by atoms with E-state index in [-0.39, 0.29) is 11.8 Å². The number of benzene rings is 3. The van der Waals surface area contributed by atoms with E-state index in [4.69, 9.17) is 23.6 Å². The molecular formula is C38H45N5O5. The third kappa shape index (κ3) is 7.28. The van der Waals surface area contributed by atoms with Crippen LogP contribution in [0.15, 0.2) is 89.5 Å². The van der Waals surface area contributed by atoms with Gasteiger partial charge in [-0.25, -0.2) is 4.98 Å². The fraction of sp³-hybridized carbons (Fsp3) is 0.368. The predicted octanol–water partition coefficient (Wildman–Crippen LogP) is 6.16. The second kappa shape index (κ2) is 15.3. The molecule has 10 nitrogen and oxygen atoms in total. The number of aromatic nitrogens is 2. The van der Waals surface area contributed by atoms with Crippen molar-refractivity contribution in [1.82, 2.24) is 19.4 Å². The van der Waals surface area contributed by atoms with Crippen molar-refractivity contribution in [3.8, 4) is 17.2 Å². The van der Waals surface area contributed by atoms with Crippen LogP contribution < -0.4 is 19.1 Å². The van der Waals surface area contributed by atoms with Gasteiger partial charge < -0.3 is 37.9 Å². The molecule has 1 fully saturated rings. The zero-order valence-electron chi connectivity index (χ0n) is 28.3. The molecule has 0 radical (unpaired) electrons. The highest BCUT2D eigenvalue weighted by atomic mass is 16.5. The van der Waals surface area contributed by atoms with Gasteiger partial charge in [0.2, 0.25) is 11.7 Å². The lowest BCUT2D eigenvalue weighted by molar-refractivity contribution is 0.0782. The molecule has 3 heterocycles. The fourth-order valence-electron chi connectivity index (χ4n) is 6.68. The van der Waals surface area contributed by atoms with Crippen molar-refractivity contribution in [2.24, 2.45) is 0 Å². The Morgan fingerprint density at radius 3 is 2.35 bits per heavy atom. The van der Waals surface area contributed by atoms with Gasteiger partial charge in [-0.05, 0) is 67.9 Å². The number of ether oxygens (including phenoxy) is 3. The molecule has 1 amide bonds. The first-order valence-corrected chi connectivity index (χ1v) is 16.5. The zero-order chi connectivity index (χ0) is 33.5. The third-order valence-electron chi connectivity index (χ3n) is 9.22. The Hall–Kier alpha value is -4.96. The summed E-state index contributed by atoms with van der Waals surface area (Å²) in [6.45, 7) is 5.92. The highest BCUT2D eigenvalue weighted by molar-refractivity contribution is 5.95. The molecule has 1 aliphatic rings. The summed E-state index contributed by atoms with van der Waals surface area (Å²) in [5.41, 5.74) is 3.83. The monoisotopic (exact) mass is 651 g/mol. The lowest BCUT2D eigenvalue weighted by Crippen LogP contribution is -2.35. The molecule has 3 aromatic carbocycles. The van der Waals surface area contributed by atoms with Crippen LogP contribution in [0.5, 0.6) is 17.2 Å². The fourth-order valence-corrected chi connectivity index (χ4v) is 6.68. The summed E-state index contributed by atoms with van der Waals surface area (Å²) in [5, 5.41) is 0. The largest absolute Gasteiger partial charge is 0.493 e. The van der Waals surface area contributed by atoms with Crippen LogP contribution in [0.1, 0.15) is 40.4 Å². The zero-order valence-corrected chi connectivity index (χ0v) is 28.3. The number of carbonyl (C=O) groups excluding carboxylic acids is 1. The number of fused-ring (bicyclic) bond motifs is 1. The normalized spacial score (nSPS) is 14.5. The molecule has 1 saturated heterocycles. The number of amides is 1. The van der Waals surface area contributed by atoms with Crippen LogP contribution in [0.4, 0.5) is 5.95 Å². The van der Waals surface area contributed by atoms with Gasteiger partial charge in [0.15, 0.2) is 11.5 Å². The number of para-hydroxylation sites is 2. The highest BCUT2D eigenvalue weighted by Crippen LogP contribution is 2.38. The molecule has 2 aromatic heterocycles. The second-order valence-corrected chi connectivity index (χ2v) is 12.2. The van der Waals surface area contributed by atoms with E-state index in [2.05, 4.69) is 56.8 Å². The molecule has 0 saturated carbocycles. The molecule has 0 N–H and O–H groups in total. The number of methoxy groups -OCH3 is 3. The first kappa shape index (κ1) is 33.0. The van der Waals surface area contributed by atoms with Gasteiger partial charge in [-0.3, -0.25) is 4.79 Å². The van der Waals surface area contributed by atoms with Gasteiger partial charge in [-0.1, -0.05) is 42.5 Å². The van der Waals surface area contributed by atoms with E-state index in [1.54, 1.807) is 44.6 Å². The molecule has 252 valence electrons. The maximum atomic E-state index is 13.7. The number of imidazole rings is 1. The maximum absolute atomic E-state index is 13.7. The van der Waals surface area contributed by atoms with Crippen molar-refractivity contribution in [2.45, 2.75) is 25.3 Å². The van der Waals surface area contributed by atoms with Crippen LogP contribution >= 0.6 is 0 Å². The number of nitrogens with zero attached hydrogens (tertiary/aromatic N) is 5. The summed E-state index contributed by atoms with van der Waals surface area (Å²) < 4.78 is 24.4. The van der Waals surface area contributed by atoms with Gasteiger partial charge in [0.1, 0.15) is 5.76 Å². The Kier molecular flexibility index (Phi) is 10.5. The van der Waals surface area contributed by atoms with Crippen molar-refractivity contribution in [1.29, 1.82) is 0 Å². The minimum Gasteiger partial charge on any atom is -0.493 e. The SMILES string of the molecule is COc1cc(C(=O)N(C)CC(CCN2CCCN(c3nc4ccccc4n3Cc3ccco3)CC2)c2ccccc2)cc(OC)c1OC. The van der Waals surface area contributed by atoms with Gasteiger partial charge in [0.05, 0.1) is 45.2 Å². The highest BCUT2D eigenvalue weighted by Gasteiger charge is 2.25. The number of anilines is 1. The van der Waals surface area contributed by atoms with Crippen molar-refractivity contribution in [3.05, 3.63) is 102 Å². The molecule has 48 heavy (non-hydrogen) atoms. The van der Waals surface area contributed by atoms with E-state index in [9.17, 15) is 4.79 Å². The van der Waals surface area contributed by atoms with Gasteiger partial charge in [0, 0.05) is 44.7 Å². The quantitative estimate of drug-likeness (QED) is 0.150. The number of likely N-dealkylation sites (N-methyl/N-ethyl adjacent to an activating group) is 1. The van der Waals surface area contributed by atoms with Crippen molar-refractivity contribution in [2.75, 3.05) is 72.5 Å². The van der Waals surface area contributed by atoms with Crippen molar-refractivity contribution in [3.63, 3.8) is 0 Å². The Balaban J connectivity index is 1.14. The van der Waals surface area contributed by atoms with Gasteiger partial charge in [-0.15, -0.1) is 0 Å². The summed E-state index contributed by atoms with van der Waals surface area (Å²) in [6, 6.07) is 26.2. The van der Waals surface area contributed by atoms with Crippen LogP contribution in [-0.4, -0.2) is 92.9 Å². The molecule has 10 heteroatoms. The summed E-state index contributed by atoms with van der Waals surface area (Å²) in [7, 11) is 6.53. The Morgan fingerprint density at radius 1 is 0.896 bits per heavy atom. The summed E-state index contributed by atoms with van der Waals surface area (Å²) in [4.78, 5) is 25.5. The molecular weight excluding hydrogens is 606 g/mol. The first-order chi connectivity index (χ1) is 23.5. The van der Waals surface area contributed by atoms with Gasteiger partial charge in [-0.2, -0.15) is 0 Å². The number of hydrogen-bond donors (Lipinski definition) is 0. The molecule has 0 spiro atoms. The van der Waals surface area contributed by atoms with E-state index < -0.39 is 0 Å². The maximum Gasteiger partial charge on any atom is 0.253 e. The van der Waals surface area contributed by atoms with E-state index in [1.165, 1.54) is 5.56 Å². The smallest absolute Gasteiger partial charge is 0.253 e. The van der Waals surface area contributed by atoms with Crippen LogP contribution in [-0.2, 0) is 6.54 Å². The van der Waals surface area contributed by atoms with E-state index in [0.717, 1.165) is 68.3 Å². The van der Waals surface area contributed by atoms with Crippen LogP contribution in [0, 0.1) is 0 Å². The van der Waals surface area contributed by atoms with Crippen LogP contribution in [0.25, 0.3) is 11.0 Å².